The fraction of sp³-hybridized carbons (Fsp3) is 0.714. The summed E-state index contributed by atoms with van der Waals surface area (Å²) in [5.74, 6) is 3.17. The molecule has 0 heterocycles. The lowest BCUT2D eigenvalue weighted by molar-refractivity contribution is -0.0547. The molecule has 0 amide bonds. The maximum Gasteiger partial charge on any atom is 0.00755 e. The molecule has 120 valence electrons. The highest BCUT2D eigenvalue weighted by molar-refractivity contribution is 7.40. The molecule has 0 saturated heterocycles. The topological polar surface area (TPSA) is 0 Å². The van der Waals surface area contributed by atoms with Crippen molar-refractivity contribution in [3.8, 4) is 0 Å². The molecule has 2 unspecified atom stereocenters. The van der Waals surface area contributed by atoms with Gasteiger partial charge in [0.25, 0.3) is 0 Å². The summed E-state index contributed by atoms with van der Waals surface area (Å²) in [7, 11) is 1.05. The van der Waals surface area contributed by atoms with Gasteiger partial charge in [0, 0.05) is 5.66 Å². The standard InChI is InChI=1S/C21H31P/c1-20(2,3)22-19(18-7-5-4-6-8-18)21-12-15-9-16(13-21)11-17(10-15)14-21/h4-8,15-17,19,22H,9-14H2,1-3H3. The van der Waals surface area contributed by atoms with Crippen molar-refractivity contribution in [2.24, 2.45) is 23.2 Å². The Morgan fingerprint density at radius 3 is 1.86 bits per heavy atom. The highest BCUT2D eigenvalue weighted by Gasteiger charge is 2.54. The Morgan fingerprint density at radius 1 is 0.909 bits per heavy atom. The van der Waals surface area contributed by atoms with Crippen molar-refractivity contribution in [1.82, 2.24) is 0 Å². The Morgan fingerprint density at radius 2 is 1.41 bits per heavy atom. The number of hydrogen-bond acceptors (Lipinski definition) is 0. The van der Waals surface area contributed by atoms with Crippen LogP contribution < -0.4 is 0 Å². The molecule has 1 aromatic rings. The summed E-state index contributed by atoms with van der Waals surface area (Å²) in [6, 6.07) is 11.5. The van der Waals surface area contributed by atoms with Gasteiger partial charge in [0.2, 0.25) is 0 Å². The smallest absolute Gasteiger partial charge is 0.00755 e. The zero-order chi connectivity index (χ0) is 15.4. The molecule has 4 bridgehead atoms. The second-order valence-electron chi connectivity index (χ2n) is 9.52. The first kappa shape index (κ1) is 15.2. The molecule has 1 aromatic carbocycles. The summed E-state index contributed by atoms with van der Waals surface area (Å²) in [6.07, 6.45) is 9.25. The molecule has 0 spiro atoms. The quantitative estimate of drug-likeness (QED) is 0.565. The zero-order valence-corrected chi connectivity index (χ0v) is 15.4. The van der Waals surface area contributed by atoms with Gasteiger partial charge in [0.15, 0.2) is 0 Å². The summed E-state index contributed by atoms with van der Waals surface area (Å²) in [5.41, 5.74) is 3.08. The maximum absolute atomic E-state index is 2.45. The first-order valence-electron chi connectivity index (χ1n) is 9.26. The van der Waals surface area contributed by atoms with Crippen LogP contribution in [0, 0.1) is 23.2 Å². The summed E-state index contributed by atoms with van der Waals surface area (Å²) < 4.78 is 0. The predicted octanol–water partition coefficient (Wildman–Crippen LogP) is 6.42. The Hall–Kier alpha value is -0.350. The van der Waals surface area contributed by atoms with Crippen LogP contribution in [0.15, 0.2) is 30.3 Å². The van der Waals surface area contributed by atoms with Crippen molar-refractivity contribution in [3.63, 3.8) is 0 Å². The van der Waals surface area contributed by atoms with E-state index in [2.05, 4.69) is 51.1 Å². The molecule has 4 aliphatic carbocycles. The molecule has 2 atom stereocenters. The second kappa shape index (κ2) is 5.34. The van der Waals surface area contributed by atoms with Gasteiger partial charge in [-0.15, -0.1) is 8.58 Å². The first-order valence-corrected chi connectivity index (χ1v) is 10.3. The van der Waals surface area contributed by atoms with Gasteiger partial charge in [-0.05, 0) is 72.4 Å². The van der Waals surface area contributed by atoms with Crippen molar-refractivity contribution in [3.05, 3.63) is 35.9 Å². The van der Waals surface area contributed by atoms with Gasteiger partial charge in [-0.3, -0.25) is 0 Å². The number of hydrogen-bond donors (Lipinski definition) is 0. The van der Waals surface area contributed by atoms with Crippen molar-refractivity contribution < 1.29 is 0 Å². The highest BCUT2D eigenvalue weighted by atomic mass is 31.1. The molecule has 4 saturated carbocycles. The van der Waals surface area contributed by atoms with Crippen molar-refractivity contribution in [2.45, 2.75) is 70.1 Å². The van der Waals surface area contributed by atoms with E-state index in [9.17, 15) is 0 Å². The minimum Gasteiger partial charge on any atom is -0.108 e. The molecule has 4 aliphatic rings. The van der Waals surface area contributed by atoms with Gasteiger partial charge in [0.1, 0.15) is 0 Å². The minimum absolute atomic E-state index is 0.448. The van der Waals surface area contributed by atoms with E-state index in [4.69, 9.17) is 0 Å². The molecule has 1 heteroatoms. The third-order valence-corrected chi connectivity index (χ3v) is 8.51. The predicted molar refractivity (Wildman–Crippen MR) is 97.9 cm³/mol. The van der Waals surface area contributed by atoms with Crippen LogP contribution in [-0.2, 0) is 0 Å². The van der Waals surface area contributed by atoms with Crippen LogP contribution in [0.5, 0.6) is 0 Å². The molecular formula is C21H31P. The van der Waals surface area contributed by atoms with E-state index in [1.54, 1.807) is 24.8 Å². The third kappa shape index (κ3) is 2.77. The van der Waals surface area contributed by atoms with E-state index in [1.807, 2.05) is 0 Å². The molecule has 5 rings (SSSR count). The monoisotopic (exact) mass is 314 g/mol. The average molecular weight is 314 g/mol. The Balaban J connectivity index is 1.71. The lowest BCUT2D eigenvalue weighted by Crippen LogP contribution is -2.48. The fourth-order valence-electron chi connectivity index (χ4n) is 6.20. The summed E-state index contributed by atoms with van der Waals surface area (Å²) in [6.45, 7) is 7.34. The van der Waals surface area contributed by atoms with Gasteiger partial charge < -0.3 is 0 Å². The van der Waals surface area contributed by atoms with Gasteiger partial charge in [0.05, 0.1) is 0 Å². The molecule has 0 N–H and O–H groups in total. The SMILES string of the molecule is CC(C)(C)PC(c1ccccc1)C12CC3CC(CC(C3)C1)C2. The summed E-state index contributed by atoms with van der Waals surface area (Å²) in [4.78, 5) is 0. The maximum atomic E-state index is 2.45. The van der Waals surface area contributed by atoms with Crippen molar-refractivity contribution >= 4 is 8.58 Å². The van der Waals surface area contributed by atoms with Crippen molar-refractivity contribution in [1.29, 1.82) is 0 Å². The number of benzene rings is 1. The fourth-order valence-corrected chi connectivity index (χ4v) is 8.08. The van der Waals surface area contributed by atoms with Crippen LogP contribution in [0.4, 0.5) is 0 Å². The van der Waals surface area contributed by atoms with E-state index in [0.717, 1.165) is 32.0 Å². The van der Waals surface area contributed by atoms with Crippen LogP contribution in [0.1, 0.15) is 70.5 Å². The Kier molecular flexibility index (Phi) is 3.69. The van der Waals surface area contributed by atoms with Gasteiger partial charge in [-0.2, -0.15) is 0 Å². The number of rotatable bonds is 3. The van der Waals surface area contributed by atoms with E-state index in [1.165, 1.54) is 19.3 Å². The lowest BCUT2D eigenvalue weighted by Gasteiger charge is -2.60. The van der Waals surface area contributed by atoms with Crippen LogP contribution in [0.25, 0.3) is 0 Å². The normalized spacial score (nSPS) is 38.8. The van der Waals surface area contributed by atoms with Gasteiger partial charge in [-0.25, -0.2) is 0 Å². The van der Waals surface area contributed by atoms with Gasteiger partial charge >= 0.3 is 0 Å². The van der Waals surface area contributed by atoms with Crippen LogP contribution in [0.2, 0.25) is 0 Å². The average Bonchev–Trinajstić information content (AvgIpc) is 2.43. The molecule has 0 aliphatic heterocycles. The Labute approximate surface area is 138 Å². The second-order valence-corrected chi connectivity index (χ2v) is 11.9. The van der Waals surface area contributed by atoms with Crippen LogP contribution in [0.3, 0.4) is 0 Å². The lowest BCUT2D eigenvalue weighted by atomic mass is 9.48. The van der Waals surface area contributed by atoms with E-state index >= 15 is 0 Å². The van der Waals surface area contributed by atoms with E-state index in [-0.39, 0.29) is 0 Å². The van der Waals surface area contributed by atoms with E-state index < -0.39 is 0 Å². The molecular weight excluding hydrogens is 283 g/mol. The largest absolute Gasteiger partial charge is 0.108 e. The molecule has 0 aromatic heterocycles. The van der Waals surface area contributed by atoms with E-state index in [0.29, 0.717) is 10.6 Å². The molecule has 22 heavy (non-hydrogen) atoms. The van der Waals surface area contributed by atoms with Gasteiger partial charge in [-0.1, -0.05) is 51.1 Å². The first-order chi connectivity index (χ1) is 10.4. The zero-order valence-electron chi connectivity index (χ0n) is 14.4. The summed E-state index contributed by atoms with van der Waals surface area (Å²) >= 11 is 0. The van der Waals surface area contributed by atoms with Crippen LogP contribution in [-0.4, -0.2) is 5.16 Å². The molecule has 4 fully saturated rings. The highest BCUT2D eigenvalue weighted by Crippen LogP contribution is 2.69. The minimum atomic E-state index is 0.448. The molecule has 0 radical (unpaired) electrons. The summed E-state index contributed by atoms with van der Waals surface area (Å²) in [5, 5.41) is 0.448. The molecule has 0 nitrogen and oxygen atoms in total. The Bertz CT molecular complexity index is 489. The van der Waals surface area contributed by atoms with Crippen molar-refractivity contribution in [2.75, 3.05) is 0 Å². The third-order valence-electron chi connectivity index (χ3n) is 6.41. The van der Waals surface area contributed by atoms with Crippen LogP contribution >= 0.6 is 8.58 Å².